The lowest BCUT2D eigenvalue weighted by molar-refractivity contribution is -0.0491. The molecule has 0 rings (SSSR count). The highest BCUT2D eigenvalue weighted by Gasteiger charge is 1.96. The van der Waals surface area contributed by atoms with Crippen molar-refractivity contribution < 1.29 is 15.6 Å². The second kappa shape index (κ2) is 7.05. The van der Waals surface area contributed by atoms with Crippen molar-refractivity contribution in [3.8, 4) is 0 Å². The summed E-state index contributed by atoms with van der Waals surface area (Å²) >= 11 is 0. The summed E-state index contributed by atoms with van der Waals surface area (Å²) in [5, 5.41) is 23.5. The van der Waals surface area contributed by atoms with Gasteiger partial charge in [0.1, 0.15) is 0 Å². The van der Waals surface area contributed by atoms with Crippen LogP contribution in [0.2, 0.25) is 0 Å². The van der Waals surface area contributed by atoms with E-state index in [4.69, 9.17) is 15.6 Å². The molecule has 0 unspecified atom stereocenters. The van der Waals surface area contributed by atoms with E-state index in [1.165, 1.54) is 16.4 Å². The fourth-order valence-electron chi connectivity index (χ4n) is 0.0866. The van der Waals surface area contributed by atoms with Crippen LogP contribution in [-0.2, 0) is 0 Å². The first-order chi connectivity index (χ1) is 3.35. The van der Waals surface area contributed by atoms with Crippen molar-refractivity contribution in [3.63, 3.8) is 0 Å². The third kappa shape index (κ3) is 4.22. The predicted octanol–water partition coefficient (Wildman–Crippen LogP) is -1.37. The van der Waals surface area contributed by atoms with Crippen molar-refractivity contribution in [2.45, 2.75) is 6.29 Å². The summed E-state index contributed by atoms with van der Waals surface area (Å²) in [7, 11) is 0. The van der Waals surface area contributed by atoms with Gasteiger partial charge in [0, 0.05) is 0 Å². The largest absolute Gasteiger partial charge is 0.314 e. The zero-order chi connectivity index (χ0) is 5.70. The molecule has 0 aliphatic carbocycles. The molecule has 0 aromatic heterocycles. The molecule has 0 saturated carbocycles. The Labute approximate surface area is 51.8 Å². The Morgan fingerprint density at radius 3 is 1.12 bits per heavy atom. The minimum absolute atomic E-state index is 0. The number of hydrogen-bond acceptors (Lipinski definition) is 6. The molecule has 0 atom stereocenters. The van der Waals surface area contributed by atoms with Gasteiger partial charge in [0.15, 0.2) is 6.29 Å². The van der Waals surface area contributed by atoms with Gasteiger partial charge >= 0.3 is 0 Å². The van der Waals surface area contributed by atoms with Gasteiger partial charge < -0.3 is 15.6 Å². The molecule has 7 heteroatoms. The van der Waals surface area contributed by atoms with Crippen molar-refractivity contribution in [1.29, 1.82) is 0 Å². The predicted molar refractivity (Wildman–Crippen MR) is 25.8 cm³/mol. The fraction of sp³-hybridized carbons (Fsp3) is 1.00. The van der Waals surface area contributed by atoms with Gasteiger partial charge in [-0.3, -0.25) is 0 Å². The van der Waals surface area contributed by atoms with Gasteiger partial charge in [-0.1, -0.05) is 0 Å². The van der Waals surface area contributed by atoms with E-state index in [1.807, 2.05) is 0 Å². The van der Waals surface area contributed by atoms with Gasteiger partial charge in [-0.05, 0) is 0 Å². The van der Waals surface area contributed by atoms with Crippen molar-refractivity contribution >= 4 is 12.4 Å². The number of hydrogen-bond donors (Lipinski definition) is 6. The van der Waals surface area contributed by atoms with Gasteiger partial charge in [0.05, 0.1) is 0 Å². The summed E-state index contributed by atoms with van der Waals surface area (Å²) in [4.78, 5) is 0. The summed E-state index contributed by atoms with van der Waals surface area (Å²) in [6.07, 6.45) is -1.10. The van der Waals surface area contributed by atoms with Gasteiger partial charge in [-0.15, -0.1) is 12.4 Å². The van der Waals surface area contributed by atoms with E-state index in [0.29, 0.717) is 0 Å². The topological polar surface area (TPSA) is 96.8 Å². The third-order valence-electron chi connectivity index (χ3n) is 0.387. The third-order valence-corrected chi connectivity index (χ3v) is 0.387. The molecule has 8 heavy (non-hydrogen) atoms. The minimum Gasteiger partial charge on any atom is -0.314 e. The van der Waals surface area contributed by atoms with Crippen LogP contribution in [0, 0.1) is 0 Å². The number of rotatable bonds is 3. The average molecular weight is 146 g/mol. The van der Waals surface area contributed by atoms with Crippen molar-refractivity contribution in [2.75, 3.05) is 0 Å². The highest BCUT2D eigenvalue weighted by molar-refractivity contribution is 5.85. The molecule has 0 aliphatic rings. The van der Waals surface area contributed by atoms with E-state index < -0.39 is 6.29 Å². The molecule has 0 amide bonds. The molecule has 0 spiro atoms. The van der Waals surface area contributed by atoms with Crippen LogP contribution in [0.3, 0.4) is 0 Å². The molecule has 52 valence electrons. The Kier molecular flexibility index (Phi) is 9.63. The Bertz CT molecular complexity index is 36.0. The van der Waals surface area contributed by atoms with E-state index in [9.17, 15) is 0 Å². The number of halogens is 1. The van der Waals surface area contributed by atoms with Gasteiger partial charge in [0.25, 0.3) is 0 Å². The molecule has 0 radical (unpaired) electrons. The Hall–Kier alpha value is 0.0500. The molecular formula is CH8ClN3O3. The number of nitrogens with one attached hydrogen (secondary N) is 3. The SMILES string of the molecule is Cl.ONC(NO)NO. The van der Waals surface area contributed by atoms with Crippen LogP contribution in [0.15, 0.2) is 0 Å². The van der Waals surface area contributed by atoms with Crippen LogP contribution >= 0.6 is 12.4 Å². The molecule has 0 aliphatic heterocycles. The van der Waals surface area contributed by atoms with Crippen LogP contribution in [-0.4, -0.2) is 21.9 Å². The highest BCUT2D eigenvalue weighted by Crippen LogP contribution is 1.55. The van der Waals surface area contributed by atoms with Crippen LogP contribution in [0.25, 0.3) is 0 Å². The Morgan fingerprint density at radius 1 is 0.875 bits per heavy atom. The van der Waals surface area contributed by atoms with Crippen LogP contribution in [0.5, 0.6) is 0 Å². The second-order valence-electron chi connectivity index (χ2n) is 0.820. The first kappa shape index (κ1) is 10.9. The van der Waals surface area contributed by atoms with Crippen molar-refractivity contribution in [2.24, 2.45) is 0 Å². The Morgan fingerprint density at radius 2 is 1.12 bits per heavy atom. The smallest absolute Gasteiger partial charge is 0.177 e. The summed E-state index contributed by atoms with van der Waals surface area (Å²) in [5.74, 6) is 0. The standard InChI is InChI=1S/CH7N3O3.ClH/c5-2-1(3-6)4-7;/h1-7H;1H. The maximum absolute atomic E-state index is 7.83. The highest BCUT2D eigenvalue weighted by atomic mass is 35.5. The first-order valence-corrected chi connectivity index (χ1v) is 1.54. The molecule has 6 N–H and O–H groups in total. The quantitative estimate of drug-likeness (QED) is 0.217. The zero-order valence-corrected chi connectivity index (χ0v) is 4.64. The van der Waals surface area contributed by atoms with Crippen molar-refractivity contribution in [1.82, 2.24) is 16.4 Å². The lowest BCUT2D eigenvalue weighted by atomic mass is 11.0. The average Bonchev–Trinajstić information content (AvgIpc) is 1.72. The molecule has 6 nitrogen and oxygen atoms in total. The minimum atomic E-state index is -1.10. The summed E-state index contributed by atoms with van der Waals surface area (Å²) in [5.41, 5.74) is 4.44. The van der Waals surface area contributed by atoms with Gasteiger partial charge in [-0.2, -0.15) is 16.4 Å². The normalized spacial score (nSPS) is 9.00. The summed E-state index contributed by atoms with van der Waals surface area (Å²) in [6, 6.07) is 0. The van der Waals surface area contributed by atoms with E-state index in [1.54, 1.807) is 0 Å². The molecule has 0 heterocycles. The molecular weight excluding hydrogens is 137 g/mol. The maximum atomic E-state index is 7.83. The Balaban J connectivity index is 0. The van der Waals surface area contributed by atoms with Gasteiger partial charge in [0.2, 0.25) is 0 Å². The molecule has 0 fully saturated rings. The monoisotopic (exact) mass is 145 g/mol. The summed E-state index contributed by atoms with van der Waals surface area (Å²) in [6.45, 7) is 0. The second-order valence-corrected chi connectivity index (χ2v) is 0.820. The summed E-state index contributed by atoms with van der Waals surface area (Å²) < 4.78 is 0. The van der Waals surface area contributed by atoms with E-state index >= 15 is 0 Å². The van der Waals surface area contributed by atoms with E-state index in [0.717, 1.165) is 0 Å². The van der Waals surface area contributed by atoms with E-state index in [-0.39, 0.29) is 12.4 Å². The first-order valence-electron chi connectivity index (χ1n) is 1.54. The van der Waals surface area contributed by atoms with Crippen LogP contribution < -0.4 is 16.4 Å². The lowest BCUT2D eigenvalue weighted by Crippen LogP contribution is -2.48. The van der Waals surface area contributed by atoms with E-state index in [2.05, 4.69) is 0 Å². The fourth-order valence-corrected chi connectivity index (χ4v) is 0.0866. The maximum Gasteiger partial charge on any atom is 0.177 e. The lowest BCUT2D eigenvalue weighted by Gasteiger charge is -2.07. The number of hydroxylamine groups is 3. The van der Waals surface area contributed by atoms with Gasteiger partial charge in [-0.25, -0.2) is 0 Å². The van der Waals surface area contributed by atoms with Crippen LogP contribution in [0.4, 0.5) is 0 Å². The molecule has 0 saturated heterocycles. The van der Waals surface area contributed by atoms with Crippen LogP contribution in [0.1, 0.15) is 0 Å². The van der Waals surface area contributed by atoms with Crippen molar-refractivity contribution in [3.05, 3.63) is 0 Å². The molecule has 0 aromatic carbocycles. The molecule has 0 bridgehead atoms. The zero-order valence-electron chi connectivity index (χ0n) is 3.83. The molecule has 0 aromatic rings.